The Kier molecular flexibility index (Phi) is 2.37. The molecule has 74 valence electrons. The van der Waals surface area contributed by atoms with Gasteiger partial charge in [0, 0.05) is 22.4 Å². The molecule has 0 amide bonds. The first kappa shape index (κ1) is 9.40. The van der Waals surface area contributed by atoms with Gasteiger partial charge in [0.25, 0.3) is 0 Å². The van der Waals surface area contributed by atoms with Gasteiger partial charge in [-0.25, -0.2) is 4.79 Å². The van der Waals surface area contributed by atoms with E-state index in [4.69, 9.17) is 5.11 Å². The first-order chi connectivity index (χ1) is 6.68. The summed E-state index contributed by atoms with van der Waals surface area (Å²) in [4.78, 5) is 11.8. The SMILES string of the molecule is CC1CNc2cccc(C(=O)O)c2S1. The van der Waals surface area contributed by atoms with E-state index in [9.17, 15) is 4.79 Å². The van der Waals surface area contributed by atoms with Crippen LogP contribution in [0.4, 0.5) is 5.69 Å². The largest absolute Gasteiger partial charge is 0.478 e. The summed E-state index contributed by atoms with van der Waals surface area (Å²) in [6, 6.07) is 5.33. The lowest BCUT2D eigenvalue weighted by Gasteiger charge is -2.23. The molecular formula is C10H11NO2S. The summed E-state index contributed by atoms with van der Waals surface area (Å²) in [6.45, 7) is 2.97. The zero-order valence-corrected chi connectivity index (χ0v) is 8.60. The van der Waals surface area contributed by atoms with Crippen LogP contribution in [0.15, 0.2) is 23.1 Å². The molecule has 2 rings (SSSR count). The molecule has 3 nitrogen and oxygen atoms in total. The quantitative estimate of drug-likeness (QED) is 0.745. The lowest BCUT2D eigenvalue weighted by Crippen LogP contribution is -2.19. The molecule has 1 atom stereocenters. The number of thioether (sulfide) groups is 1. The van der Waals surface area contributed by atoms with Crippen molar-refractivity contribution in [2.24, 2.45) is 0 Å². The average molecular weight is 209 g/mol. The third kappa shape index (κ3) is 1.57. The molecule has 2 N–H and O–H groups in total. The highest BCUT2D eigenvalue weighted by Gasteiger charge is 2.20. The maximum absolute atomic E-state index is 10.9. The van der Waals surface area contributed by atoms with E-state index in [1.807, 2.05) is 6.07 Å². The molecule has 0 saturated heterocycles. The number of benzene rings is 1. The molecule has 1 aromatic rings. The van der Waals surface area contributed by atoms with Gasteiger partial charge in [-0.15, -0.1) is 11.8 Å². The molecule has 4 heteroatoms. The molecule has 0 radical (unpaired) electrons. The van der Waals surface area contributed by atoms with Crippen molar-refractivity contribution in [3.63, 3.8) is 0 Å². The van der Waals surface area contributed by atoms with Crippen molar-refractivity contribution in [1.29, 1.82) is 0 Å². The van der Waals surface area contributed by atoms with Crippen molar-refractivity contribution in [2.75, 3.05) is 11.9 Å². The number of rotatable bonds is 1. The number of fused-ring (bicyclic) bond motifs is 1. The monoisotopic (exact) mass is 209 g/mol. The van der Waals surface area contributed by atoms with Crippen molar-refractivity contribution in [2.45, 2.75) is 17.1 Å². The van der Waals surface area contributed by atoms with Crippen LogP contribution < -0.4 is 5.32 Å². The number of anilines is 1. The average Bonchev–Trinajstić information content (AvgIpc) is 2.16. The minimum Gasteiger partial charge on any atom is -0.478 e. The van der Waals surface area contributed by atoms with Crippen LogP contribution in [0, 0.1) is 0 Å². The number of carboxylic acids is 1. The summed E-state index contributed by atoms with van der Waals surface area (Å²) >= 11 is 1.62. The van der Waals surface area contributed by atoms with E-state index in [0.29, 0.717) is 10.8 Å². The molecule has 0 spiro atoms. The van der Waals surface area contributed by atoms with E-state index in [1.165, 1.54) is 0 Å². The molecule has 14 heavy (non-hydrogen) atoms. The molecule has 0 bridgehead atoms. The van der Waals surface area contributed by atoms with Crippen LogP contribution >= 0.6 is 11.8 Å². The lowest BCUT2D eigenvalue weighted by molar-refractivity contribution is 0.0693. The van der Waals surface area contributed by atoms with E-state index in [0.717, 1.165) is 17.1 Å². The highest BCUT2D eigenvalue weighted by atomic mass is 32.2. The molecular weight excluding hydrogens is 198 g/mol. The molecule has 0 saturated carbocycles. The first-order valence-corrected chi connectivity index (χ1v) is 5.33. The van der Waals surface area contributed by atoms with E-state index < -0.39 is 5.97 Å². The van der Waals surface area contributed by atoms with Crippen LogP contribution in [0.2, 0.25) is 0 Å². The zero-order valence-electron chi connectivity index (χ0n) is 7.78. The maximum atomic E-state index is 10.9. The number of hydrogen-bond acceptors (Lipinski definition) is 3. The predicted molar refractivity (Wildman–Crippen MR) is 57.2 cm³/mol. The van der Waals surface area contributed by atoms with Gasteiger partial charge in [-0.1, -0.05) is 13.0 Å². The third-order valence-electron chi connectivity index (χ3n) is 2.14. The van der Waals surface area contributed by atoms with Crippen LogP contribution in [-0.2, 0) is 0 Å². The van der Waals surface area contributed by atoms with Gasteiger partial charge in [-0.05, 0) is 12.1 Å². The summed E-state index contributed by atoms with van der Waals surface area (Å²) in [6.07, 6.45) is 0. The first-order valence-electron chi connectivity index (χ1n) is 4.45. The van der Waals surface area contributed by atoms with E-state index >= 15 is 0 Å². The fraction of sp³-hybridized carbons (Fsp3) is 0.300. The van der Waals surface area contributed by atoms with Gasteiger partial charge >= 0.3 is 5.97 Å². The number of carbonyl (C=O) groups is 1. The molecule has 0 aromatic heterocycles. The van der Waals surface area contributed by atoms with E-state index in [1.54, 1.807) is 23.9 Å². The van der Waals surface area contributed by atoms with Crippen LogP contribution in [0.1, 0.15) is 17.3 Å². The number of nitrogens with one attached hydrogen (secondary N) is 1. The molecule has 0 aliphatic carbocycles. The van der Waals surface area contributed by atoms with Crippen LogP contribution in [-0.4, -0.2) is 22.9 Å². The van der Waals surface area contributed by atoms with Gasteiger partial charge in [-0.3, -0.25) is 0 Å². The normalized spacial score (nSPS) is 19.6. The Labute approximate surface area is 86.5 Å². The topological polar surface area (TPSA) is 49.3 Å². The Balaban J connectivity index is 2.48. The van der Waals surface area contributed by atoms with Crippen molar-refractivity contribution in [3.8, 4) is 0 Å². The summed E-state index contributed by atoms with van der Waals surface area (Å²) in [5.74, 6) is -0.856. The molecule has 1 aliphatic heterocycles. The second-order valence-electron chi connectivity index (χ2n) is 3.30. The van der Waals surface area contributed by atoms with Gasteiger partial charge in [-0.2, -0.15) is 0 Å². The highest BCUT2D eigenvalue weighted by molar-refractivity contribution is 8.00. The van der Waals surface area contributed by atoms with Gasteiger partial charge in [0.05, 0.1) is 5.56 Å². The highest BCUT2D eigenvalue weighted by Crippen LogP contribution is 2.37. The third-order valence-corrected chi connectivity index (χ3v) is 3.39. The number of carboxylic acid groups (broad SMARTS) is 1. The maximum Gasteiger partial charge on any atom is 0.336 e. The van der Waals surface area contributed by atoms with E-state index in [2.05, 4.69) is 12.2 Å². The smallest absolute Gasteiger partial charge is 0.336 e. The van der Waals surface area contributed by atoms with Crippen molar-refractivity contribution < 1.29 is 9.90 Å². The predicted octanol–water partition coefficient (Wildman–Crippen LogP) is 2.29. The molecule has 1 aromatic carbocycles. The Morgan fingerprint density at radius 1 is 1.64 bits per heavy atom. The Morgan fingerprint density at radius 3 is 3.14 bits per heavy atom. The second kappa shape index (κ2) is 3.53. The number of aromatic carboxylic acids is 1. The summed E-state index contributed by atoms with van der Waals surface area (Å²) in [7, 11) is 0. The van der Waals surface area contributed by atoms with Gasteiger partial charge < -0.3 is 10.4 Å². The fourth-order valence-corrected chi connectivity index (χ4v) is 2.59. The van der Waals surface area contributed by atoms with Gasteiger partial charge in [0.2, 0.25) is 0 Å². The Hall–Kier alpha value is -1.16. The summed E-state index contributed by atoms with van der Waals surface area (Å²) in [5.41, 5.74) is 1.33. The summed E-state index contributed by atoms with van der Waals surface area (Å²) < 4.78 is 0. The van der Waals surface area contributed by atoms with Crippen molar-refractivity contribution >= 4 is 23.4 Å². The Bertz CT molecular complexity index is 378. The number of hydrogen-bond donors (Lipinski definition) is 2. The fourth-order valence-electron chi connectivity index (χ4n) is 1.47. The van der Waals surface area contributed by atoms with Crippen LogP contribution in [0.3, 0.4) is 0 Å². The second-order valence-corrected chi connectivity index (χ2v) is 4.75. The molecule has 0 fully saturated rings. The van der Waals surface area contributed by atoms with Gasteiger partial charge in [0.1, 0.15) is 0 Å². The van der Waals surface area contributed by atoms with Gasteiger partial charge in [0.15, 0.2) is 0 Å². The van der Waals surface area contributed by atoms with Crippen molar-refractivity contribution in [1.82, 2.24) is 0 Å². The standard InChI is InChI=1S/C10H11NO2S/c1-6-5-11-8-4-2-3-7(10(12)13)9(8)14-6/h2-4,6,11H,5H2,1H3,(H,12,13). The molecule has 1 aliphatic rings. The van der Waals surface area contributed by atoms with Crippen LogP contribution in [0.5, 0.6) is 0 Å². The summed E-state index contributed by atoms with van der Waals surface area (Å²) in [5, 5.41) is 12.6. The van der Waals surface area contributed by atoms with Crippen molar-refractivity contribution in [3.05, 3.63) is 23.8 Å². The minimum absolute atomic E-state index is 0.395. The lowest BCUT2D eigenvalue weighted by atomic mass is 10.2. The zero-order chi connectivity index (χ0) is 10.1. The Morgan fingerprint density at radius 2 is 2.43 bits per heavy atom. The molecule has 1 heterocycles. The van der Waals surface area contributed by atoms with Crippen LogP contribution in [0.25, 0.3) is 0 Å². The minimum atomic E-state index is -0.856. The van der Waals surface area contributed by atoms with E-state index in [-0.39, 0.29) is 0 Å². The molecule has 1 unspecified atom stereocenters.